The molecule has 11 aromatic rings. The molecule has 0 saturated carbocycles. The molecule has 9 aromatic carbocycles. The van der Waals surface area contributed by atoms with E-state index in [1.54, 1.807) is 0 Å². The summed E-state index contributed by atoms with van der Waals surface area (Å²) in [4.78, 5) is 2.42. The first-order valence-corrected chi connectivity index (χ1v) is 19.6. The number of fused-ring (bicyclic) bond motifs is 8. The molecular formula is C52H34N2S. The van der Waals surface area contributed by atoms with Crippen molar-refractivity contribution in [2.45, 2.75) is 0 Å². The summed E-state index contributed by atoms with van der Waals surface area (Å²) < 4.78 is 5.04. The van der Waals surface area contributed by atoms with Crippen LogP contribution >= 0.6 is 11.3 Å². The van der Waals surface area contributed by atoms with Gasteiger partial charge in [-0.3, -0.25) is 0 Å². The van der Waals surface area contributed by atoms with E-state index in [1.165, 1.54) is 75.0 Å². The second-order valence-electron chi connectivity index (χ2n) is 14.1. The van der Waals surface area contributed by atoms with Gasteiger partial charge in [-0.15, -0.1) is 11.3 Å². The lowest BCUT2D eigenvalue weighted by atomic mass is 10.0. The summed E-state index contributed by atoms with van der Waals surface area (Å²) in [6.45, 7) is 0. The molecule has 0 aliphatic rings. The number of rotatable bonds is 6. The topological polar surface area (TPSA) is 8.17 Å². The Labute approximate surface area is 323 Å². The van der Waals surface area contributed by atoms with Crippen LogP contribution in [-0.2, 0) is 0 Å². The van der Waals surface area contributed by atoms with Crippen molar-refractivity contribution in [1.29, 1.82) is 0 Å². The largest absolute Gasteiger partial charge is 0.310 e. The first-order valence-electron chi connectivity index (χ1n) is 18.8. The quantitative estimate of drug-likeness (QED) is 0.166. The molecule has 258 valence electrons. The second-order valence-corrected chi connectivity index (χ2v) is 15.2. The van der Waals surface area contributed by atoms with Crippen LogP contribution in [-0.4, -0.2) is 4.57 Å². The van der Waals surface area contributed by atoms with Gasteiger partial charge < -0.3 is 9.47 Å². The summed E-state index contributed by atoms with van der Waals surface area (Å²) in [6, 6.07) is 75.1. The van der Waals surface area contributed by atoms with Crippen LogP contribution in [0, 0.1) is 0 Å². The number of thiophene rings is 1. The maximum atomic E-state index is 2.42. The van der Waals surface area contributed by atoms with Crippen LogP contribution in [0.25, 0.3) is 80.7 Å². The predicted octanol–water partition coefficient (Wildman–Crippen LogP) is 15.1. The maximum absolute atomic E-state index is 2.42. The fourth-order valence-electron chi connectivity index (χ4n) is 8.43. The highest BCUT2D eigenvalue weighted by molar-refractivity contribution is 7.26. The van der Waals surface area contributed by atoms with Gasteiger partial charge in [0.1, 0.15) is 0 Å². The van der Waals surface area contributed by atoms with Gasteiger partial charge >= 0.3 is 0 Å². The molecule has 55 heavy (non-hydrogen) atoms. The van der Waals surface area contributed by atoms with Gasteiger partial charge in [0, 0.05) is 48.0 Å². The van der Waals surface area contributed by atoms with E-state index in [-0.39, 0.29) is 0 Å². The third kappa shape index (κ3) is 5.24. The summed E-state index contributed by atoms with van der Waals surface area (Å²) in [6.07, 6.45) is 0. The van der Waals surface area contributed by atoms with Gasteiger partial charge in [-0.1, -0.05) is 140 Å². The van der Waals surface area contributed by atoms with E-state index in [1.807, 2.05) is 11.3 Å². The van der Waals surface area contributed by atoms with Crippen molar-refractivity contribution in [3.05, 3.63) is 206 Å². The molecular weight excluding hydrogens is 685 g/mol. The van der Waals surface area contributed by atoms with Crippen molar-refractivity contribution in [3.8, 4) is 27.9 Å². The molecule has 0 spiro atoms. The van der Waals surface area contributed by atoms with Crippen LogP contribution < -0.4 is 4.90 Å². The number of para-hydroxylation sites is 2. The number of aromatic nitrogens is 1. The van der Waals surface area contributed by atoms with Crippen LogP contribution in [0.15, 0.2) is 206 Å². The molecule has 0 radical (unpaired) electrons. The fraction of sp³-hybridized carbons (Fsp3) is 0. The molecule has 0 bridgehead atoms. The minimum absolute atomic E-state index is 1.11. The van der Waals surface area contributed by atoms with Crippen LogP contribution in [0.3, 0.4) is 0 Å². The third-order valence-electron chi connectivity index (χ3n) is 11.0. The van der Waals surface area contributed by atoms with Gasteiger partial charge in [-0.25, -0.2) is 0 Å². The van der Waals surface area contributed by atoms with E-state index in [0.29, 0.717) is 0 Å². The van der Waals surface area contributed by atoms with Crippen LogP contribution in [0.2, 0.25) is 0 Å². The fourth-order valence-corrected chi connectivity index (χ4v) is 9.59. The Hall–Kier alpha value is -6.94. The molecule has 2 heterocycles. The van der Waals surface area contributed by atoms with Crippen LogP contribution in [0.5, 0.6) is 0 Å². The lowest BCUT2D eigenvalue weighted by molar-refractivity contribution is 1.18. The molecule has 11 rings (SSSR count). The van der Waals surface area contributed by atoms with E-state index < -0.39 is 0 Å². The van der Waals surface area contributed by atoms with Crippen LogP contribution in [0.1, 0.15) is 0 Å². The molecule has 0 N–H and O–H groups in total. The second kappa shape index (κ2) is 12.9. The molecule has 0 fully saturated rings. The van der Waals surface area contributed by atoms with Gasteiger partial charge in [0.2, 0.25) is 0 Å². The summed E-state index contributed by atoms with van der Waals surface area (Å²) in [7, 11) is 0. The van der Waals surface area contributed by atoms with Gasteiger partial charge in [0.15, 0.2) is 0 Å². The SMILES string of the molecule is c1ccc(-c2ccc(N(c3ccc(-c4ccc5c(c4)sc4ccc6ccccc6c45)cc3)c3cccc4c3c3ccccc3n4-c3ccccc3)cc2)cc1. The zero-order valence-corrected chi connectivity index (χ0v) is 30.7. The van der Waals surface area contributed by atoms with Gasteiger partial charge in [0.25, 0.3) is 0 Å². The molecule has 0 aliphatic heterocycles. The highest BCUT2D eigenvalue weighted by atomic mass is 32.1. The maximum Gasteiger partial charge on any atom is 0.0562 e. The molecule has 2 nitrogen and oxygen atoms in total. The lowest BCUT2D eigenvalue weighted by Gasteiger charge is -2.27. The molecule has 0 unspecified atom stereocenters. The molecule has 0 saturated heterocycles. The van der Waals surface area contributed by atoms with Crippen LogP contribution in [0.4, 0.5) is 17.1 Å². The minimum atomic E-state index is 1.11. The highest BCUT2D eigenvalue weighted by Gasteiger charge is 2.21. The average Bonchev–Trinajstić information content (AvgIpc) is 3.81. The number of hydrogen-bond donors (Lipinski definition) is 0. The predicted molar refractivity (Wildman–Crippen MR) is 237 cm³/mol. The molecule has 0 atom stereocenters. The Balaban J connectivity index is 1.06. The Kier molecular flexibility index (Phi) is 7.39. The summed E-state index contributed by atoms with van der Waals surface area (Å²) in [5.74, 6) is 0. The number of anilines is 3. The third-order valence-corrected chi connectivity index (χ3v) is 12.1. The minimum Gasteiger partial charge on any atom is -0.310 e. The zero-order chi connectivity index (χ0) is 36.3. The van der Waals surface area contributed by atoms with E-state index in [2.05, 4.69) is 216 Å². The van der Waals surface area contributed by atoms with Crippen molar-refractivity contribution in [3.63, 3.8) is 0 Å². The first-order chi connectivity index (χ1) is 27.3. The van der Waals surface area contributed by atoms with Crippen molar-refractivity contribution in [2.24, 2.45) is 0 Å². The number of hydrogen-bond acceptors (Lipinski definition) is 2. The normalized spacial score (nSPS) is 11.6. The Morgan fingerprint density at radius 1 is 0.364 bits per heavy atom. The lowest BCUT2D eigenvalue weighted by Crippen LogP contribution is -2.10. The van der Waals surface area contributed by atoms with E-state index in [0.717, 1.165) is 22.7 Å². The van der Waals surface area contributed by atoms with E-state index in [9.17, 15) is 0 Å². The summed E-state index contributed by atoms with van der Waals surface area (Å²) >= 11 is 1.88. The monoisotopic (exact) mass is 718 g/mol. The zero-order valence-electron chi connectivity index (χ0n) is 29.9. The molecule has 3 heteroatoms. The van der Waals surface area contributed by atoms with Crippen molar-refractivity contribution in [1.82, 2.24) is 4.57 Å². The Bertz CT molecular complexity index is 3180. The number of nitrogens with zero attached hydrogens (tertiary/aromatic N) is 2. The van der Waals surface area contributed by atoms with Crippen molar-refractivity contribution in [2.75, 3.05) is 4.90 Å². The summed E-state index contributed by atoms with van der Waals surface area (Å²) in [5, 5.41) is 7.74. The highest BCUT2D eigenvalue weighted by Crippen LogP contribution is 2.45. The molecule has 0 aliphatic carbocycles. The molecule has 2 aromatic heterocycles. The van der Waals surface area contributed by atoms with E-state index >= 15 is 0 Å². The standard InChI is InChI=1S/C52H34N2S/c1-3-12-35(13-4-1)36-22-28-41(29-23-36)53(47-20-11-21-48-52(47)44-18-9-10-19-46(44)54(48)40-15-5-2-6-16-40)42-30-24-37(25-31-42)39-26-32-45-50(34-39)55-49-33-27-38-14-7-8-17-43(38)51(45)49/h1-34H. The number of benzene rings is 9. The smallest absolute Gasteiger partial charge is 0.0562 e. The Morgan fingerprint density at radius 3 is 1.73 bits per heavy atom. The van der Waals surface area contributed by atoms with Gasteiger partial charge in [0.05, 0.1) is 16.7 Å². The first kappa shape index (κ1) is 31.6. The molecule has 0 amide bonds. The Morgan fingerprint density at radius 2 is 0.964 bits per heavy atom. The van der Waals surface area contributed by atoms with Gasteiger partial charge in [-0.2, -0.15) is 0 Å². The van der Waals surface area contributed by atoms with E-state index in [4.69, 9.17) is 0 Å². The van der Waals surface area contributed by atoms with Gasteiger partial charge in [-0.05, 0) is 99.8 Å². The van der Waals surface area contributed by atoms with Crippen molar-refractivity contribution >= 4 is 81.1 Å². The summed E-state index contributed by atoms with van der Waals surface area (Å²) in [5.41, 5.74) is 11.7. The average molecular weight is 719 g/mol. The van der Waals surface area contributed by atoms with Crippen molar-refractivity contribution < 1.29 is 0 Å².